The lowest BCUT2D eigenvalue weighted by Gasteiger charge is -2.27. The van der Waals surface area contributed by atoms with E-state index in [9.17, 15) is 0 Å². The van der Waals surface area contributed by atoms with Crippen molar-refractivity contribution in [1.29, 1.82) is 0 Å². The van der Waals surface area contributed by atoms with E-state index in [1.807, 2.05) is 6.07 Å². The van der Waals surface area contributed by atoms with Gasteiger partial charge in [-0.2, -0.15) is 0 Å². The van der Waals surface area contributed by atoms with Crippen molar-refractivity contribution >= 4 is 26.7 Å². The number of rotatable bonds is 3. The quantitative estimate of drug-likeness (QED) is 0.647. The van der Waals surface area contributed by atoms with Crippen LogP contribution in [0, 0.1) is 17.8 Å². The molecule has 2 saturated carbocycles. The highest BCUT2D eigenvalue weighted by Crippen LogP contribution is 2.55. The zero-order valence-electron chi connectivity index (χ0n) is 12.4. The van der Waals surface area contributed by atoms with E-state index < -0.39 is 0 Å². The summed E-state index contributed by atoms with van der Waals surface area (Å²) in [7, 11) is 1.72. The van der Waals surface area contributed by atoms with Gasteiger partial charge < -0.3 is 4.74 Å². The molecular formula is C19H21BrO. The van der Waals surface area contributed by atoms with Crippen molar-refractivity contribution in [1.82, 2.24) is 0 Å². The fourth-order valence-electron chi connectivity index (χ4n) is 4.44. The van der Waals surface area contributed by atoms with Crippen LogP contribution in [0.15, 0.2) is 36.4 Å². The van der Waals surface area contributed by atoms with Crippen molar-refractivity contribution in [3.05, 3.63) is 42.0 Å². The summed E-state index contributed by atoms with van der Waals surface area (Å²) in [4.78, 5) is 0.513. The van der Waals surface area contributed by atoms with E-state index in [0.29, 0.717) is 4.83 Å². The van der Waals surface area contributed by atoms with E-state index in [2.05, 4.69) is 46.3 Å². The third-order valence-corrected chi connectivity index (χ3v) is 6.77. The summed E-state index contributed by atoms with van der Waals surface area (Å²) < 4.78 is 5.31. The fraction of sp³-hybridized carbons (Fsp3) is 0.474. The van der Waals surface area contributed by atoms with E-state index in [0.717, 1.165) is 23.5 Å². The summed E-state index contributed by atoms with van der Waals surface area (Å²) in [6.45, 7) is 0. The second-order valence-corrected chi connectivity index (χ2v) is 7.70. The van der Waals surface area contributed by atoms with Crippen LogP contribution in [0.2, 0.25) is 0 Å². The first-order chi connectivity index (χ1) is 10.2. The molecular weight excluding hydrogens is 324 g/mol. The van der Waals surface area contributed by atoms with Gasteiger partial charge in [0.05, 0.1) is 7.11 Å². The van der Waals surface area contributed by atoms with E-state index in [1.165, 1.54) is 42.0 Å². The minimum atomic E-state index is 0.513. The van der Waals surface area contributed by atoms with Crippen LogP contribution < -0.4 is 4.74 Å². The molecule has 0 aliphatic heterocycles. The molecule has 21 heavy (non-hydrogen) atoms. The summed E-state index contributed by atoms with van der Waals surface area (Å²) in [5.74, 6) is 3.72. The van der Waals surface area contributed by atoms with Gasteiger partial charge in [0.2, 0.25) is 0 Å². The van der Waals surface area contributed by atoms with Gasteiger partial charge >= 0.3 is 0 Å². The van der Waals surface area contributed by atoms with Gasteiger partial charge in [-0.05, 0) is 65.5 Å². The minimum Gasteiger partial charge on any atom is -0.497 e. The molecule has 0 N–H and O–H groups in total. The second-order valence-electron chi connectivity index (χ2n) is 6.71. The Kier molecular flexibility index (Phi) is 3.45. The standard InChI is InChI=1S/C19H21BrO/c1-21-17-7-6-13-10-16(5-4-14(13)11-17)19(20)18-9-12-2-3-15(18)8-12/h4-7,10-12,15,18-19H,2-3,8-9H2,1H3. The molecule has 2 heteroatoms. The Labute approximate surface area is 134 Å². The molecule has 2 aliphatic rings. The normalized spacial score (nSPS) is 29.0. The number of hydrogen-bond donors (Lipinski definition) is 0. The number of fused-ring (bicyclic) bond motifs is 3. The monoisotopic (exact) mass is 344 g/mol. The summed E-state index contributed by atoms with van der Waals surface area (Å²) in [6.07, 6.45) is 5.80. The molecule has 2 aliphatic carbocycles. The highest BCUT2D eigenvalue weighted by Gasteiger charge is 2.42. The summed E-state index contributed by atoms with van der Waals surface area (Å²) in [5, 5.41) is 2.56. The number of hydrogen-bond acceptors (Lipinski definition) is 1. The molecule has 4 unspecified atom stereocenters. The number of benzene rings is 2. The summed E-state index contributed by atoms with van der Waals surface area (Å²) in [5.41, 5.74) is 1.44. The molecule has 4 atom stereocenters. The second kappa shape index (κ2) is 5.31. The first-order valence-corrected chi connectivity index (χ1v) is 8.88. The van der Waals surface area contributed by atoms with E-state index in [1.54, 1.807) is 7.11 Å². The van der Waals surface area contributed by atoms with Crippen LogP contribution in [-0.4, -0.2) is 7.11 Å². The van der Waals surface area contributed by atoms with Gasteiger partial charge in [-0.15, -0.1) is 0 Å². The molecule has 0 radical (unpaired) electrons. The molecule has 0 aromatic heterocycles. The predicted molar refractivity (Wildman–Crippen MR) is 91.1 cm³/mol. The van der Waals surface area contributed by atoms with Crippen molar-refractivity contribution in [2.24, 2.45) is 17.8 Å². The third kappa shape index (κ3) is 2.38. The van der Waals surface area contributed by atoms with Gasteiger partial charge in [0.25, 0.3) is 0 Å². The Morgan fingerprint density at radius 3 is 2.57 bits per heavy atom. The van der Waals surface area contributed by atoms with Gasteiger partial charge in [0.1, 0.15) is 5.75 Å². The first-order valence-electron chi connectivity index (χ1n) is 7.96. The molecule has 0 amide bonds. The van der Waals surface area contributed by atoms with Gasteiger partial charge in [0, 0.05) is 4.83 Å². The first kappa shape index (κ1) is 13.6. The highest BCUT2D eigenvalue weighted by molar-refractivity contribution is 9.09. The average Bonchev–Trinajstić information content (AvgIpc) is 3.16. The Bertz CT molecular complexity index is 666. The lowest BCUT2D eigenvalue weighted by Crippen LogP contribution is -2.15. The molecule has 0 heterocycles. The maximum atomic E-state index is 5.31. The Morgan fingerprint density at radius 2 is 1.86 bits per heavy atom. The van der Waals surface area contributed by atoms with Crippen LogP contribution in [0.25, 0.3) is 10.8 Å². The Hall–Kier alpha value is -1.02. The predicted octanol–water partition coefficient (Wildman–Crippen LogP) is 5.72. The van der Waals surface area contributed by atoms with E-state index in [4.69, 9.17) is 4.74 Å². The van der Waals surface area contributed by atoms with Crippen molar-refractivity contribution < 1.29 is 4.74 Å². The van der Waals surface area contributed by atoms with Gasteiger partial charge in [0.15, 0.2) is 0 Å². The zero-order chi connectivity index (χ0) is 14.4. The van der Waals surface area contributed by atoms with Crippen LogP contribution in [0.1, 0.15) is 36.1 Å². The topological polar surface area (TPSA) is 9.23 Å². The molecule has 2 bridgehead atoms. The van der Waals surface area contributed by atoms with Crippen molar-refractivity contribution in [3.63, 3.8) is 0 Å². The fourth-order valence-corrected chi connectivity index (χ4v) is 5.37. The Morgan fingerprint density at radius 1 is 1.05 bits per heavy atom. The van der Waals surface area contributed by atoms with Gasteiger partial charge in [-0.1, -0.05) is 46.6 Å². The van der Waals surface area contributed by atoms with Crippen LogP contribution in [0.5, 0.6) is 5.75 Å². The summed E-state index contributed by atoms with van der Waals surface area (Å²) >= 11 is 4.00. The van der Waals surface area contributed by atoms with E-state index >= 15 is 0 Å². The van der Waals surface area contributed by atoms with Crippen LogP contribution in [0.3, 0.4) is 0 Å². The maximum absolute atomic E-state index is 5.31. The van der Waals surface area contributed by atoms with Crippen LogP contribution in [-0.2, 0) is 0 Å². The third-order valence-electron chi connectivity index (χ3n) is 5.56. The molecule has 2 aromatic carbocycles. The minimum absolute atomic E-state index is 0.513. The molecule has 2 aromatic rings. The molecule has 0 spiro atoms. The highest BCUT2D eigenvalue weighted by atomic mass is 79.9. The van der Waals surface area contributed by atoms with E-state index in [-0.39, 0.29) is 0 Å². The average molecular weight is 345 g/mol. The van der Waals surface area contributed by atoms with Crippen molar-refractivity contribution in [3.8, 4) is 5.75 Å². The number of ether oxygens (including phenoxy) is 1. The van der Waals surface area contributed by atoms with Gasteiger partial charge in [-0.3, -0.25) is 0 Å². The van der Waals surface area contributed by atoms with Crippen LogP contribution in [0.4, 0.5) is 0 Å². The Balaban J connectivity index is 1.64. The molecule has 0 saturated heterocycles. The smallest absolute Gasteiger partial charge is 0.119 e. The van der Waals surface area contributed by atoms with Crippen molar-refractivity contribution in [2.75, 3.05) is 7.11 Å². The molecule has 4 rings (SSSR count). The lowest BCUT2D eigenvalue weighted by atomic mass is 9.84. The molecule has 110 valence electrons. The SMILES string of the molecule is COc1ccc2cc(C(Br)C3CC4CCC3C4)ccc2c1. The maximum Gasteiger partial charge on any atom is 0.119 e. The number of halogens is 1. The number of methoxy groups -OCH3 is 1. The lowest BCUT2D eigenvalue weighted by molar-refractivity contribution is 0.329. The van der Waals surface area contributed by atoms with Crippen molar-refractivity contribution in [2.45, 2.75) is 30.5 Å². The zero-order valence-corrected chi connectivity index (χ0v) is 14.0. The number of alkyl halides is 1. The summed E-state index contributed by atoms with van der Waals surface area (Å²) in [6, 6.07) is 13.2. The van der Waals surface area contributed by atoms with Crippen LogP contribution >= 0.6 is 15.9 Å². The van der Waals surface area contributed by atoms with Gasteiger partial charge in [-0.25, -0.2) is 0 Å². The molecule has 2 fully saturated rings. The molecule has 1 nitrogen and oxygen atoms in total. The largest absolute Gasteiger partial charge is 0.497 e.